The van der Waals surface area contributed by atoms with Gasteiger partial charge in [0.15, 0.2) is 0 Å². The molecule has 1 aromatic carbocycles. The molecule has 94 valence electrons. The van der Waals surface area contributed by atoms with Crippen LogP contribution in [-0.4, -0.2) is 4.98 Å². The van der Waals surface area contributed by atoms with E-state index in [2.05, 4.69) is 42.2 Å². The Morgan fingerprint density at radius 2 is 2.11 bits per heavy atom. The molecule has 18 heavy (non-hydrogen) atoms. The SMILES string of the molecule is Cc1cccc(CSc2cc([C@H](C)N)ccn2)c1. The maximum atomic E-state index is 5.87. The topological polar surface area (TPSA) is 38.9 Å². The molecule has 2 N–H and O–H groups in total. The lowest BCUT2D eigenvalue weighted by molar-refractivity contribution is 0.808. The number of nitrogens with two attached hydrogens (primary N) is 1. The average Bonchev–Trinajstić information content (AvgIpc) is 2.37. The van der Waals surface area contributed by atoms with Crippen LogP contribution in [0.3, 0.4) is 0 Å². The molecule has 0 aliphatic rings. The summed E-state index contributed by atoms with van der Waals surface area (Å²) in [5.74, 6) is 0.942. The number of hydrogen-bond donors (Lipinski definition) is 1. The van der Waals surface area contributed by atoms with Crippen LogP contribution in [0.4, 0.5) is 0 Å². The lowest BCUT2D eigenvalue weighted by Crippen LogP contribution is -2.04. The molecule has 0 radical (unpaired) electrons. The molecule has 0 unspecified atom stereocenters. The summed E-state index contributed by atoms with van der Waals surface area (Å²) in [5.41, 5.74) is 9.63. The van der Waals surface area contributed by atoms with Gasteiger partial charge in [-0.2, -0.15) is 0 Å². The van der Waals surface area contributed by atoms with Crippen LogP contribution in [0, 0.1) is 6.92 Å². The normalized spacial score (nSPS) is 12.4. The average molecular weight is 258 g/mol. The van der Waals surface area contributed by atoms with Crippen LogP contribution in [-0.2, 0) is 5.75 Å². The van der Waals surface area contributed by atoms with Crippen LogP contribution >= 0.6 is 11.8 Å². The molecule has 0 saturated heterocycles. The lowest BCUT2D eigenvalue weighted by Gasteiger charge is -2.07. The summed E-state index contributed by atoms with van der Waals surface area (Å²) >= 11 is 1.75. The van der Waals surface area contributed by atoms with Gasteiger partial charge in [0.2, 0.25) is 0 Å². The van der Waals surface area contributed by atoms with Gasteiger partial charge in [0, 0.05) is 18.0 Å². The number of benzene rings is 1. The zero-order valence-electron chi connectivity index (χ0n) is 10.8. The smallest absolute Gasteiger partial charge is 0.0966 e. The van der Waals surface area contributed by atoms with Gasteiger partial charge in [0.1, 0.15) is 0 Å². The number of thioether (sulfide) groups is 1. The molecule has 2 nitrogen and oxygen atoms in total. The molecule has 0 aliphatic heterocycles. The first kappa shape index (κ1) is 13.1. The third-order valence-electron chi connectivity index (χ3n) is 2.75. The summed E-state index contributed by atoms with van der Waals surface area (Å²) in [6.07, 6.45) is 1.83. The van der Waals surface area contributed by atoms with Gasteiger partial charge in [0.25, 0.3) is 0 Å². The van der Waals surface area contributed by atoms with E-state index in [4.69, 9.17) is 5.73 Å². The number of pyridine rings is 1. The van der Waals surface area contributed by atoms with Crippen molar-refractivity contribution in [2.45, 2.75) is 30.7 Å². The van der Waals surface area contributed by atoms with Crippen LogP contribution in [0.25, 0.3) is 0 Å². The van der Waals surface area contributed by atoms with Gasteiger partial charge in [-0.3, -0.25) is 0 Å². The molecule has 0 amide bonds. The number of aromatic nitrogens is 1. The first-order chi connectivity index (χ1) is 8.65. The second-order valence-corrected chi connectivity index (χ2v) is 5.49. The van der Waals surface area contributed by atoms with Crippen molar-refractivity contribution in [1.29, 1.82) is 0 Å². The lowest BCUT2D eigenvalue weighted by atomic mass is 10.1. The number of aryl methyl sites for hydroxylation is 1. The van der Waals surface area contributed by atoms with Crippen molar-refractivity contribution < 1.29 is 0 Å². The molecular weight excluding hydrogens is 240 g/mol. The molecule has 0 saturated carbocycles. The predicted octanol–water partition coefficient (Wildman–Crippen LogP) is 3.70. The number of rotatable bonds is 4. The van der Waals surface area contributed by atoms with Crippen molar-refractivity contribution in [3.63, 3.8) is 0 Å². The Morgan fingerprint density at radius 1 is 1.28 bits per heavy atom. The van der Waals surface area contributed by atoms with Crippen LogP contribution in [0.1, 0.15) is 29.7 Å². The van der Waals surface area contributed by atoms with E-state index in [1.54, 1.807) is 11.8 Å². The summed E-state index contributed by atoms with van der Waals surface area (Å²) in [4.78, 5) is 4.37. The Hall–Kier alpha value is -1.32. The first-order valence-corrected chi connectivity index (χ1v) is 7.03. The first-order valence-electron chi connectivity index (χ1n) is 6.05. The van der Waals surface area contributed by atoms with E-state index in [9.17, 15) is 0 Å². The van der Waals surface area contributed by atoms with Crippen molar-refractivity contribution in [2.75, 3.05) is 0 Å². The Morgan fingerprint density at radius 3 is 2.83 bits per heavy atom. The minimum Gasteiger partial charge on any atom is -0.324 e. The summed E-state index contributed by atoms with van der Waals surface area (Å²) in [5, 5.41) is 1.03. The van der Waals surface area contributed by atoms with Gasteiger partial charge in [0.05, 0.1) is 5.03 Å². The highest BCUT2D eigenvalue weighted by molar-refractivity contribution is 7.98. The highest BCUT2D eigenvalue weighted by atomic mass is 32.2. The molecule has 0 bridgehead atoms. The Kier molecular flexibility index (Phi) is 4.39. The largest absolute Gasteiger partial charge is 0.324 e. The van der Waals surface area contributed by atoms with Crippen LogP contribution in [0.15, 0.2) is 47.6 Å². The number of nitrogens with zero attached hydrogens (tertiary/aromatic N) is 1. The molecule has 3 heteroatoms. The predicted molar refractivity (Wildman–Crippen MR) is 77.6 cm³/mol. The second kappa shape index (κ2) is 6.03. The van der Waals surface area contributed by atoms with E-state index in [-0.39, 0.29) is 6.04 Å². The standard InChI is InChI=1S/C15H18N2S/c1-11-4-3-5-13(8-11)10-18-15-9-14(12(2)16)6-7-17-15/h3-9,12H,10,16H2,1-2H3/t12-/m0/s1. The Bertz CT molecular complexity index is 523. The van der Waals surface area contributed by atoms with Crippen molar-refractivity contribution in [3.8, 4) is 0 Å². The number of hydrogen-bond acceptors (Lipinski definition) is 3. The maximum absolute atomic E-state index is 5.87. The molecular formula is C15H18N2S. The van der Waals surface area contributed by atoms with Crippen LogP contribution in [0.5, 0.6) is 0 Å². The minimum atomic E-state index is 0.0614. The van der Waals surface area contributed by atoms with E-state index in [0.29, 0.717) is 0 Å². The third-order valence-corrected chi connectivity index (χ3v) is 3.75. The van der Waals surface area contributed by atoms with Gasteiger partial charge < -0.3 is 5.73 Å². The molecule has 2 rings (SSSR count). The fraction of sp³-hybridized carbons (Fsp3) is 0.267. The monoisotopic (exact) mass is 258 g/mol. The van der Waals surface area contributed by atoms with Gasteiger partial charge in [-0.15, -0.1) is 11.8 Å². The van der Waals surface area contributed by atoms with Gasteiger partial charge in [-0.05, 0) is 37.1 Å². The van der Waals surface area contributed by atoms with Crippen molar-refractivity contribution in [1.82, 2.24) is 4.98 Å². The molecule has 0 aliphatic carbocycles. The van der Waals surface area contributed by atoms with Gasteiger partial charge >= 0.3 is 0 Å². The Balaban J connectivity index is 2.04. The molecule has 2 aromatic rings. The Labute approximate surface area is 113 Å². The van der Waals surface area contributed by atoms with Gasteiger partial charge in [-0.25, -0.2) is 4.98 Å². The van der Waals surface area contributed by atoms with Crippen LogP contribution < -0.4 is 5.73 Å². The summed E-state index contributed by atoms with van der Waals surface area (Å²) in [6, 6.07) is 12.7. The molecule has 1 atom stereocenters. The highest BCUT2D eigenvalue weighted by Gasteiger charge is 2.02. The second-order valence-electron chi connectivity index (χ2n) is 4.49. The fourth-order valence-electron chi connectivity index (χ4n) is 1.75. The summed E-state index contributed by atoms with van der Waals surface area (Å²) in [7, 11) is 0. The molecule has 1 heterocycles. The van der Waals surface area contributed by atoms with Gasteiger partial charge in [-0.1, -0.05) is 29.8 Å². The zero-order chi connectivity index (χ0) is 13.0. The summed E-state index contributed by atoms with van der Waals surface area (Å²) < 4.78 is 0. The highest BCUT2D eigenvalue weighted by Crippen LogP contribution is 2.23. The van der Waals surface area contributed by atoms with Crippen LogP contribution in [0.2, 0.25) is 0 Å². The van der Waals surface area contributed by atoms with Crippen molar-refractivity contribution in [2.24, 2.45) is 5.73 Å². The van der Waals surface area contributed by atoms with E-state index in [1.807, 2.05) is 19.2 Å². The van der Waals surface area contributed by atoms with Crippen molar-refractivity contribution in [3.05, 3.63) is 59.3 Å². The fourth-order valence-corrected chi connectivity index (χ4v) is 2.60. The van der Waals surface area contributed by atoms with E-state index >= 15 is 0 Å². The third kappa shape index (κ3) is 3.59. The molecule has 0 spiro atoms. The van der Waals surface area contributed by atoms with E-state index in [1.165, 1.54) is 11.1 Å². The quantitative estimate of drug-likeness (QED) is 0.850. The molecule has 1 aromatic heterocycles. The molecule has 0 fully saturated rings. The van der Waals surface area contributed by atoms with E-state index < -0.39 is 0 Å². The maximum Gasteiger partial charge on any atom is 0.0966 e. The van der Waals surface area contributed by atoms with Crippen molar-refractivity contribution >= 4 is 11.8 Å². The minimum absolute atomic E-state index is 0.0614. The zero-order valence-corrected chi connectivity index (χ0v) is 11.6. The van der Waals surface area contributed by atoms with E-state index in [0.717, 1.165) is 16.3 Å². The summed E-state index contributed by atoms with van der Waals surface area (Å²) in [6.45, 7) is 4.10.